The normalized spacial score (nSPS) is 11.1. The van der Waals surface area contributed by atoms with Gasteiger partial charge in [-0.15, -0.1) is 0 Å². The molecule has 4 heteroatoms. The maximum atomic E-state index is 11.7. The van der Waals surface area contributed by atoms with Gasteiger partial charge in [0, 0.05) is 5.69 Å². The number of amides is 2. The van der Waals surface area contributed by atoms with Crippen LogP contribution in [0.4, 0.5) is 10.5 Å². The maximum absolute atomic E-state index is 11.7. The molecule has 0 spiro atoms. The van der Waals surface area contributed by atoms with Gasteiger partial charge in [-0.05, 0) is 31.9 Å². The van der Waals surface area contributed by atoms with Crippen molar-refractivity contribution in [3.8, 4) is 0 Å². The molecule has 94 valence electrons. The molecule has 0 aromatic heterocycles. The molecule has 3 N–H and O–H groups in total. The van der Waals surface area contributed by atoms with Gasteiger partial charge in [0.25, 0.3) is 0 Å². The summed E-state index contributed by atoms with van der Waals surface area (Å²) < 4.78 is 0. The lowest BCUT2D eigenvalue weighted by Crippen LogP contribution is -2.48. The van der Waals surface area contributed by atoms with Crippen molar-refractivity contribution >= 4 is 11.7 Å². The molecule has 4 nitrogen and oxygen atoms in total. The van der Waals surface area contributed by atoms with Gasteiger partial charge in [0.1, 0.15) is 0 Å². The van der Waals surface area contributed by atoms with E-state index in [0.29, 0.717) is 0 Å². The highest BCUT2D eigenvalue weighted by Gasteiger charge is 2.19. The fourth-order valence-corrected chi connectivity index (χ4v) is 1.45. The van der Waals surface area contributed by atoms with Gasteiger partial charge >= 0.3 is 6.03 Å². The minimum absolute atomic E-state index is 0.101. The number of anilines is 1. The molecule has 0 aliphatic rings. The van der Waals surface area contributed by atoms with Crippen molar-refractivity contribution in [2.24, 2.45) is 0 Å². The highest BCUT2D eigenvalue weighted by molar-refractivity contribution is 5.90. The second-order valence-corrected chi connectivity index (χ2v) is 4.63. The Bertz CT molecular complexity index is 389. The smallest absolute Gasteiger partial charge is 0.319 e. The average molecular weight is 236 g/mol. The number of aliphatic hydroxyl groups is 1. The third kappa shape index (κ3) is 4.07. The predicted molar refractivity (Wildman–Crippen MR) is 69.1 cm³/mol. The van der Waals surface area contributed by atoms with Gasteiger partial charge in [0.05, 0.1) is 12.1 Å². The minimum atomic E-state index is -0.620. The number of aliphatic hydroxyl groups excluding tert-OH is 1. The molecule has 2 amide bonds. The zero-order valence-electron chi connectivity index (χ0n) is 10.6. The van der Waals surface area contributed by atoms with E-state index in [4.69, 9.17) is 5.11 Å². The molecule has 0 fully saturated rings. The van der Waals surface area contributed by atoms with Crippen molar-refractivity contribution < 1.29 is 9.90 Å². The number of aryl methyl sites for hydroxylation is 1. The molecule has 0 atom stereocenters. The summed E-state index contributed by atoms with van der Waals surface area (Å²) in [4.78, 5) is 11.7. The van der Waals surface area contributed by atoms with Gasteiger partial charge in [-0.3, -0.25) is 0 Å². The summed E-state index contributed by atoms with van der Waals surface area (Å²) in [5.74, 6) is 0. The second-order valence-electron chi connectivity index (χ2n) is 4.63. The Morgan fingerprint density at radius 2 is 2.00 bits per heavy atom. The summed E-state index contributed by atoms with van der Waals surface area (Å²) >= 11 is 0. The lowest BCUT2D eigenvalue weighted by Gasteiger charge is -2.24. The molecule has 0 bridgehead atoms. The summed E-state index contributed by atoms with van der Waals surface area (Å²) in [6.45, 7) is 5.46. The van der Waals surface area contributed by atoms with Gasteiger partial charge in [-0.2, -0.15) is 0 Å². The Kier molecular flexibility index (Phi) is 4.52. The first-order chi connectivity index (χ1) is 7.98. The van der Waals surface area contributed by atoms with Gasteiger partial charge in [0.15, 0.2) is 0 Å². The van der Waals surface area contributed by atoms with Crippen LogP contribution in [0, 0.1) is 0 Å². The molecule has 0 radical (unpaired) electrons. The van der Waals surface area contributed by atoms with Crippen molar-refractivity contribution in [2.45, 2.75) is 32.7 Å². The Labute approximate surface area is 102 Å². The molecule has 0 unspecified atom stereocenters. The van der Waals surface area contributed by atoms with Crippen LogP contribution in [0.5, 0.6) is 0 Å². The third-order valence-electron chi connectivity index (χ3n) is 2.49. The van der Waals surface area contributed by atoms with Crippen LogP contribution in [0.2, 0.25) is 0 Å². The van der Waals surface area contributed by atoms with Crippen LogP contribution >= 0.6 is 0 Å². The fraction of sp³-hybridized carbons (Fsp3) is 0.462. The summed E-state index contributed by atoms with van der Waals surface area (Å²) in [5, 5.41) is 14.6. The summed E-state index contributed by atoms with van der Waals surface area (Å²) in [5.41, 5.74) is 1.27. The first kappa shape index (κ1) is 13.5. The van der Waals surface area contributed by atoms with Crippen LogP contribution in [-0.2, 0) is 6.42 Å². The highest BCUT2D eigenvalue weighted by Crippen LogP contribution is 2.15. The number of rotatable bonds is 4. The SMILES string of the molecule is CCc1ccccc1NC(=O)NC(C)(C)CO. The van der Waals surface area contributed by atoms with Crippen LogP contribution in [0.3, 0.4) is 0 Å². The zero-order valence-corrected chi connectivity index (χ0v) is 10.6. The standard InChI is InChI=1S/C13H20N2O2/c1-4-10-7-5-6-8-11(10)14-12(17)15-13(2,3)9-16/h5-8,16H,4,9H2,1-3H3,(H2,14,15,17). The molecule has 0 heterocycles. The number of urea groups is 1. The zero-order chi connectivity index (χ0) is 12.9. The van der Waals surface area contributed by atoms with E-state index in [0.717, 1.165) is 17.7 Å². The Hall–Kier alpha value is -1.55. The predicted octanol–water partition coefficient (Wildman–Crippen LogP) is 2.14. The molecule has 17 heavy (non-hydrogen) atoms. The molecular formula is C13H20N2O2. The molecule has 1 rings (SSSR count). The monoisotopic (exact) mass is 236 g/mol. The first-order valence-corrected chi connectivity index (χ1v) is 5.76. The van der Waals surface area contributed by atoms with E-state index in [1.807, 2.05) is 31.2 Å². The fourth-order valence-electron chi connectivity index (χ4n) is 1.45. The number of nitrogens with one attached hydrogen (secondary N) is 2. The number of carbonyl (C=O) groups is 1. The van der Waals surface area contributed by atoms with Gasteiger partial charge in [-0.25, -0.2) is 4.79 Å². The maximum Gasteiger partial charge on any atom is 0.319 e. The molecule has 0 saturated carbocycles. The van der Waals surface area contributed by atoms with Crippen LogP contribution in [-0.4, -0.2) is 23.3 Å². The van der Waals surface area contributed by atoms with E-state index < -0.39 is 5.54 Å². The van der Waals surface area contributed by atoms with E-state index in [9.17, 15) is 4.79 Å². The summed E-state index contributed by atoms with van der Waals surface area (Å²) in [6, 6.07) is 7.37. The van der Waals surface area contributed by atoms with Crippen LogP contribution < -0.4 is 10.6 Å². The number of para-hydroxylation sites is 1. The largest absolute Gasteiger partial charge is 0.394 e. The van der Waals surface area contributed by atoms with Gasteiger partial charge in [0.2, 0.25) is 0 Å². The number of benzene rings is 1. The molecular weight excluding hydrogens is 216 g/mol. The van der Waals surface area contributed by atoms with Crippen LogP contribution in [0.1, 0.15) is 26.3 Å². The third-order valence-corrected chi connectivity index (χ3v) is 2.49. The van der Waals surface area contributed by atoms with Crippen LogP contribution in [0.25, 0.3) is 0 Å². The average Bonchev–Trinajstić information content (AvgIpc) is 2.29. The van der Waals surface area contributed by atoms with Crippen molar-refractivity contribution in [2.75, 3.05) is 11.9 Å². The van der Waals surface area contributed by atoms with Crippen molar-refractivity contribution in [3.05, 3.63) is 29.8 Å². The second kappa shape index (κ2) is 5.68. The van der Waals surface area contributed by atoms with E-state index >= 15 is 0 Å². The number of hydrogen-bond acceptors (Lipinski definition) is 2. The lowest BCUT2D eigenvalue weighted by molar-refractivity contribution is 0.187. The lowest BCUT2D eigenvalue weighted by atomic mass is 10.1. The van der Waals surface area contributed by atoms with Crippen molar-refractivity contribution in [1.29, 1.82) is 0 Å². The van der Waals surface area contributed by atoms with Crippen molar-refractivity contribution in [1.82, 2.24) is 5.32 Å². The summed E-state index contributed by atoms with van der Waals surface area (Å²) in [7, 11) is 0. The Balaban J connectivity index is 2.68. The van der Waals surface area contributed by atoms with E-state index in [-0.39, 0.29) is 12.6 Å². The molecule has 0 saturated heterocycles. The molecule has 0 aliphatic carbocycles. The quantitative estimate of drug-likeness (QED) is 0.750. The highest BCUT2D eigenvalue weighted by atomic mass is 16.3. The Morgan fingerprint density at radius 1 is 1.35 bits per heavy atom. The Morgan fingerprint density at radius 3 is 2.59 bits per heavy atom. The van der Waals surface area contributed by atoms with E-state index in [1.165, 1.54) is 0 Å². The number of carbonyl (C=O) groups excluding carboxylic acids is 1. The minimum Gasteiger partial charge on any atom is -0.394 e. The van der Waals surface area contributed by atoms with Gasteiger partial charge < -0.3 is 15.7 Å². The molecule has 0 aliphatic heterocycles. The summed E-state index contributed by atoms with van der Waals surface area (Å²) in [6.07, 6.45) is 0.861. The molecule has 1 aromatic carbocycles. The molecule has 1 aromatic rings. The number of hydrogen-bond donors (Lipinski definition) is 3. The van der Waals surface area contributed by atoms with E-state index in [1.54, 1.807) is 13.8 Å². The van der Waals surface area contributed by atoms with Crippen LogP contribution in [0.15, 0.2) is 24.3 Å². The van der Waals surface area contributed by atoms with Gasteiger partial charge in [-0.1, -0.05) is 25.1 Å². The van der Waals surface area contributed by atoms with E-state index in [2.05, 4.69) is 10.6 Å². The first-order valence-electron chi connectivity index (χ1n) is 5.76. The topological polar surface area (TPSA) is 61.4 Å². The van der Waals surface area contributed by atoms with Crippen molar-refractivity contribution in [3.63, 3.8) is 0 Å².